The van der Waals surface area contributed by atoms with Crippen molar-refractivity contribution < 1.29 is 14.4 Å². The molecule has 0 fully saturated rings. The van der Waals surface area contributed by atoms with Crippen molar-refractivity contribution in [3.05, 3.63) is 29.8 Å². The first-order valence-electron chi connectivity index (χ1n) is 10.5. The molecule has 154 valence electrons. The molecule has 0 bridgehead atoms. The minimum atomic E-state index is -1.78. The van der Waals surface area contributed by atoms with E-state index >= 15 is 0 Å². The van der Waals surface area contributed by atoms with Gasteiger partial charge in [-0.2, -0.15) is 0 Å². The lowest BCUT2D eigenvalue weighted by Crippen LogP contribution is -2.00. The van der Waals surface area contributed by atoms with Crippen molar-refractivity contribution in [2.45, 2.75) is 77.6 Å². The van der Waals surface area contributed by atoms with Gasteiger partial charge in [0.2, 0.25) is 0 Å². The van der Waals surface area contributed by atoms with E-state index in [1.165, 1.54) is 57.8 Å². The fraction of sp³-hybridized carbons (Fsp3) is 0.682. The molecule has 0 aliphatic carbocycles. The summed E-state index contributed by atoms with van der Waals surface area (Å²) < 4.78 is 10.7. The molecule has 0 spiro atoms. The zero-order valence-electron chi connectivity index (χ0n) is 17.5. The number of hydrogen-bond acceptors (Lipinski definition) is 3. The summed E-state index contributed by atoms with van der Waals surface area (Å²) in [6.45, 7) is 4.39. The molecule has 5 heteroatoms. The SMILES string of the molecule is CCCCCCCCCCCCP(C)(=NC)Oc1ccc(CC(=O)O)cc1. The van der Waals surface area contributed by atoms with Crippen LogP contribution in [-0.2, 0) is 11.2 Å². The quantitative estimate of drug-likeness (QED) is 0.257. The molecule has 0 saturated heterocycles. The number of hydrogen-bond donors (Lipinski definition) is 1. The zero-order chi connectivity index (χ0) is 20.0. The number of unbranched alkanes of at least 4 members (excludes halogenated alkanes) is 9. The van der Waals surface area contributed by atoms with E-state index in [9.17, 15) is 4.79 Å². The summed E-state index contributed by atoms with van der Waals surface area (Å²) in [5, 5.41) is 8.84. The Kier molecular flexibility index (Phi) is 12.2. The number of carbonyl (C=O) groups is 1. The Bertz CT molecular complexity index is 584. The summed E-state index contributed by atoms with van der Waals surface area (Å²) in [5.41, 5.74) is 0.790. The summed E-state index contributed by atoms with van der Waals surface area (Å²) in [6.07, 6.45) is 14.4. The van der Waals surface area contributed by atoms with E-state index in [-0.39, 0.29) is 6.42 Å². The van der Waals surface area contributed by atoms with Crippen LogP contribution in [0.2, 0.25) is 0 Å². The average molecular weight is 396 g/mol. The molecule has 0 aromatic heterocycles. The monoisotopic (exact) mass is 395 g/mol. The van der Waals surface area contributed by atoms with E-state index in [0.717, 1.165) is 23.9 Å². The average Bonchev–Trinajstić information content (AvgIpc) is 2.64. The maximum absolute atomic E-state index is 10.8. The van der Waals surface area contributed by atoms with E-state index in [0.29, 0.717) is 0 Å². The summed E-state index contributed by atoms with van der Waals surface area (Å²) in [5.74, 6) is -0.0248. The maximum Gasteiger partial charge on any atom is 0.307 e. The zero-order valence-corrected chi connectivity index (χ0v) is 18.3. The molecular weight excluding hydrogens is 357 g/mol. The van der Waals surface area contributed by atoms with Crippen molar-refractivity contribution in [1.29, 1.82) is 0 Å². The van der Waals surface area contributed by atoms with Gasteiger partial charge in [-0.1, -0.05) is 76.8 Å². The van der Waals surface area contributed by atoms with Gasteiger partial charge in [0.05, 0.1) is 6.42 Å². The Morgan fingerprint density at radius 3 is 1.96 bits per heavy atom. The molecule has 0 aliphatic heterocycles. The first kappa shape index (κ1) is 23.8. The number of benzene rings is 1. The van der Waals surface area contributed by atoms with Gasteiger partial charge in [0, 0.05) is 19.9 Å². The molecule has 1 N–H and O–H groups in total. The van der Waals surface area contributed by atoms with Crippen molar-refractivity contribution >= 4 is 13.3 Å². The number of aliphatic carboxylic acids is 1. The molecule has 4 nitrogen and oxygen atoms in total. The highest BCUT2D eigenvalue weighted by Gasteiger charge is 2.14. The highest BCUT2D eigenvalue weighted by atomic mass is 31.2. The minimum Gasteiger partial charge on any atom is -0.481 e. The van der Waals surface area contributed by atoms with Crippen LogP contribution in [-0.4, -0.2) is 31.0 Å². The summed E-state index contributed by atoms with van der Waals surface area (Å²) in [6, 6.07) is 7.37. The second kappa shape index (κ2) is 13.8. The predicted octanol–water partition coefficient (Wildman–Crippen LogP) is 6.99. The molecule has 0 saturated carbocycles. The molecule has 0 aliphatic rings. The van der Waals surface area contributed by atoms with Gasteiger partial charge in [-0.25, -0.2) is 0 Å². The highest BCUT2D eigenvalue weighted by Crippen LogP contribution is 2.47. The molecule has 1 aromatic carbocycles. The van der Waals surface area contributed by atoms with E-state index in [4.69, 9.17) is 9.63 Å². The van der Waals surface area contributed by atoms with Crippen molar-refractivity contribution in [1.82, 2.24) is 0 Å². The molecule has 27 heavy (non-hydrogen) atoms. The Hall–Kier alpha value is -1.28. The van der Waals surface area contributed by atoms with Crippen LogP contribution in [0, 0.1) is 0 Å². The van der Waals surface area contributed by atoms with E-state index in [1.54, 1.807) is 0 Å². The van der Waals surface area contributed by atoms with Gasteiger partial charge in [0.25, 0.3) is 0 Å². The second-order valence-corrected chi connectivity index (χ2v) is 10.6. The van der Waals surface area contributed by atoms with Crippen molar-refractivity contribution in [2.24, 2.45) is 4.74 Å². The second-order valence-electron chi connectivity index (χ2n) is 7.46. The lowest BCUT2D eigenvalue weighted by atomic mass is 10.1. The first-order chi connectivity index (χ1) is 13.0. The van der Waals surface area contributed by atoms with E-state index in [2.05, 4.69) is 18.3 Å². The normalized spacial score (nSPS) is 13.1. The van der Waals surface area contributed by atoms with Crippen LogP contribution in [0.1, 0.15) is 76.7 Å². The van der Waals surface area contributed by atoms with Gasteiger partial charge in [-0.15, -0.1) is 0 Å². The fourth-order valence-corrected chi connectivity index (χ4v) is 4.91. The predicted molar refractivity (Wildman–Crippen MR) is 116 cm³/mol. The van der Waals surface area contributed by atoms with Crippen LogP contribution in [0.3, 0.4) is 0 Å². The molecule has 1 aromatic rings. The Morgan fingerprint density at radius 1 is 0.963 bits per heavy atom. The Labute approximate surface area is 165 Å². The minimum absolute atomic E-state index is 0.0451. The molecule has 0 amide bonds. The van der Waals surface area contributed by atoms with Gasteiger partial charge < -0.3 is 9.63 Å². The van der Waals surface area contributed by atoms with Gasteiger partial charge in [-0.05, 0) is 24.1 Å². The maximum atomic E-state index is 10.8. The number of nitrogens with zero attached hydrogens (tertiary/aromatic N) is 1. The third-order valence-corrected chi connectivity index (χ3v) is 7.53. The van der Waals surface area contributed by atoms with Gasteiger partial charge in [0.15, 0.2) is 0 Å². The molecule has 1 rings (SSSR count). The van der Waals surface area contributed by atoms with Gasteiger partial charge in [-0.3, -0.25) is 9.54 Å². The van der Waals surface area contributed by atoms with E-state index < -0.39 is 13.3 Å². The Morgan fingerprint density at radius 2 is 1.48 bits per heavy atom. The lowest BCUT2D eigenvalue weighted by molar-refractivity contribution is -0.136. The van der Waals surface area contributed by atoms with Gasteiger partial charge >= 0.3 is 5.97 Å². The van der Waals surface area contributed by atoms with Crippen molar-refractivity contribution in [3.8, 4) is 5.75 Å². The fourth-order valence-electron chi connectivity index (χ4n) is 3.15. The molecule has 1 atom stereocenters. The van der Waals surface area contributed by atoms with Crippen molar-refractivity contribution in [3.63, 3.8) is 0 Å². The number of rotatable bonds is 15. The van der Waals surface area contributed by atoms with Crippen LogP contribution in [0.25, 0.3) is 0 Å². The third kappa shape index (κ3) is 11.2. The summed E-state index contributed by atoms with van der Waals surface area (Å²) in [4.78, 5) is 10.8. The van der Waals surface area contributed by atoms with Crippen LogP contribution >= 0.6 is 7.28 Å². The number of carboxylic acids is 1. The Balaban J connectivity index is 2.26. The van der Waals surface area contributed by atoms with Crippen LogP contribution < -0.4 is 4.52 Å². The van der Waals surface area contributed by atoms with Crippen molar-refractivity contribution in [2.75, 3.05) is 19.9 Å². The third-order valence-electron chi connectivity index (χ3n) is 4.93. The van der Waals surface area contributed by atoms with Crippen LogP contribution in [0.5, 0.6) is 5.75 Å². The molecular formula is C22H38NO3P. The highest BCUT2D eigenvalue weighted by molar-refractivity contribution is 7.61. The summed E-state index contributed by atoms with van der Waals surface area (Å²) >= 11 is 0. The molecule has 0 radical (unpaired) electrons. The molecule has 1 unspecified atom stereocenters. The number of carboxylic acid groups (broad SMARTS) is 1. The lowest BCUT2D eigenvalue weighted by Gasteiger charge is -2.21. The van der Waals surface area contributed by atoms with Crippen LogP contribution in [0.4, 0.5) is 0 Å². The largest absolute Gasteiger partial charge is 0.481 e. The topological polar surface area (TPSA) is 58.9 Å². The van der Waals surface area contributed by atoms with Gasteiger partial charge in [0.1, 0.15) is 13.0 Å². The smallest absolute Gasteiger partial charge is 0.307 e. The van der Waals surface area contributed by atoms with Crippen LogP contribution in [0.15, 0.2) is 29.0 Å². The standard InChI is InChI=1S/C22H38NO3P/c1-4-5-6-7-8-9-10-11-12-13-18-27(3,23-2)26-21-16-14-20(15-17-21)19-22(24)25/h14-17H,4-13,18-19H2,1-3H3,(H,24,25). The molecule has 0 heterocycles. The van der Waals surface area contributed by atoms with E-state index in [1.807, 2.05) is 31.3 Å². The summed E-state index contributed by atoms with van der Waals surface area (Å²) in [7, 11) is 0.0700. The first-order valence-corrected chi connectivity index (χ1v) is 12.8.